The molecule has 4 heteroatoms. The maximum absolute atomic E-state index is 11.3. The number of carboxylic acids is 2. The fourth-order valence-corrected chi connectivity index (χ4v) is 7.72. The van der Waals surface area contributed by atoms with Crippen LogP contribution in [0, 0.1) is 34.5 Å². The minimum Gasteiger partial charge on any atom is -0.478 e. The Kier molecular flexibility index (Phi) is 4.71. The maximum Gasteiger partial charge on any atom is 0.335 e. The van der Waals surface area contributed by atoms with E-state index in [1.54, 1.807) is 0 Å². The van der Waals surface area contributed by atoms with E-state index in [1.165, 1.54) is 49.8 Å². The first-order valence-corrected chi connectivity index (χ1v) is 11.4. The van der Waals surface area contributed by atoms with Gasteiger partial charge in [-0.25, -0.2) is 9.59 Å². The van der Waals surface area contributed by atoms with Crippen LogP contribution in [0.5, 0.6) is 0 Å². The number of rotatable bonds is 3. The molecule has 4 fully saturated rings. The van der Waals surface area contributed by atoms with Crippen LogP contribution in [-0.2, 0) is 0 Å². The minimum absolute atomic E-state index is 0.0760. The molecule has 0 saturated heterocycles. The van der Waals surface area contributed by atoms with E-state index in [-0.39, 0.29) is 11.1 Å². The van der Waals surface area contributed by atoms with Gasteiger partial charge in [0, 0.05) is 11.1 Å². The Morgan fingerprint density at radius 3 is 1.72 bits per heavy atom. The number of hydrogen-bond acceptors (Lipinski definition) is 2. The predicted molar refractivity (Wildman–Crippen MR) is 122 cm³/mol. The summed E-state index contributed by atoms with van der Waals surface area (Å²) in [6.45, 7) is 4.99. The molecular formula is C28H28O4. The second-order valence-electron chi connectivity index (χ2n) is 10.8. The smallest absolute Gasteiger partial charge is 0.335 e. The van der Waals surface area contributed by atoms with Crippen molar-refractivity contribution in [3.8, 4) is 11.8 Å². The molecule has 0 atom stereocenters. The standard InChI is InChI=1S/C28H28O4/c1-27-13-19-9-20(14-27)16-28(2,15-19)24(27)21-7-5-17(6-8-21)3-4-18-10-22(25(29)30)12-23(11-18)26(31)32/h5-8,10-12,19-20,24H,9,13-16H2,1-2H3,(H,29,30)(H,31,32). The van der Waals surface area contributed by atoms with Gasteiger partial charge in [-0.05, 0) is 96.6 Å². The molecule has 4 saturated carbocycles. The van der Waals surface area contributed by atoms with Gasteiger partial charge >= 0.3 is 11.9 Å². The molecular weight excluding hydrogens is 400 g/mol. The first kappa shape index (κ1) is 20.8. The first-order chi connectivity index (χ1) is 15.1. The Bertz CT molecular complexity index is 1100. The lowest BCUT2D eigenvalue weighted by atomic mass is 9.39. The highest BCUT2D eigenvalue weighted by atomic mass is 16.4. The van der Waals surface area contributed by atoms with Crippen molar-refractivity contribution in [3.63, 3.8) is 0 Å². The molecule has 0 radical (unpaired) electrons. The second kappa shape index (κ2) is 7.24. The molecule has 0 spiro atoms. The number of carboxylic acid groups (broad SMARTS) is 2. The molecule has 4 aliphatic carbocycles. The lowest BCUT2D eigenvalue weighted by Gasteiger charge is -2.65. The average molecular weight is 429 g/mol. The summed E-state index contributed by atoms with van der Waals surface area (Å²) in [6, 6.07) is 12.5. The van der Waals surface area contributed by atoms with E-state index in [0.29, 0.717) is 22.3 Å². The van der Waals surface area contributed by atoms with Gasteiger partial charge in [-0.2, -0.15) is 0 Å². The fourth-order valence-electron chi connectivity index (χ4n) is 7.72. The van der Waals surface area contributed by atoms with Crippen LogP contribution in [0.15, 0.2) is 42.5 Å². The maximum atomic E-state index is 11.3. The fraction of sp³-hybridized carbons (Fsp3) is 0.429. The lowest BCUT2D eigenvalue weighted by Crippen LogP contribution is -2.54. The van der Waals surface area contributed by atoms with Gasteiger partial charge in [0.1, 0.15) is 0 Å². The number of hydrogen-bond donors (Lipinski definition) is 2. The third-order valence-corrected chi connectivity index (χ3v) is 8.10. The highest BCUT2D eigenvalue weighted by molar-refractivity contribution is 5.94. The van der Waals surface area contributed by atoms with Crippen LogP contribution in [-0.4, -0.2) is 22.2 Å². The summed E-state index contributed by atoms with van der Waals surface area (Å²) >= 11 is 0. The second-order valence-corrected chi connectivity index (χ2v) is 10.8. The molecule has 4 aliphatic rings. The van der Waals surface area contributed by atoms with Gasteiger partial charge in [0.25, 0.3) is 0 Å². The van der Waals surface area contributed by atoms with Crippen molar-refractivity contribution in [1.82, 2.24) is 0 Å². The zero-order valence-corrected chi connectivity index (χ0v) is 18.5. The summed E-state index contributed by atoms with van der Waals surface area (Å²) in [7, 11) is 0. The van der Waals surface area contributed by atoms with Gasteiger partial charge in [-0.15, -0.1) is 0 Å². The summed E-state index contributed by atoms with van der Waals surface area (Å²) < 4.78 is 0. The molecule has 0 aromatic heterocycles. The van der Waals surface area contributed by atoms with E-state index in [4.69, 9.17) is 0 Å². The highest BCUT2D eigenvalue weighted by Crippen LogP contribution is 2.70. The van der Waals surface area contributed by atoms with Crippen molar-refractivity contribution in [2.45, 2.75) is 51.9 Å². The molecule has 0 aliphatic heterocycles. The summed E-state index contributed by atoms with van der Waals surface area (Å²) in [5.41, 5.74) is 3.24. The molecule has 0 amide bonds. The molecule has 2 N–H and O–H groups in total. The summed E-state index contributed by atoms with van der Waals surface area (Å²) in [6.07, 6.45) is 6.81. The molecule has 4 bridgehead atoms. The van der Waals surface area contributed by atoms with Crippen molar-refractivity contribution in [2.75, 3.05) is 0 Å². The first-order valence-electron chi connectivity index (χ1n) is 11.4. The zero-order valence-electron chi connectivity index (χ0n) is 18.5. The van der Waals surface area contributed by atoms with E-state index >= 15 is 0 Å². The van der Waals surface area contributed by atoms with Crippen LogP contribution >= 0.6 is 0 Å². The average Bonchev–Trinajstić information content (AvgIpc) is 2.70. The van der Waals surface area contributed by atoms with Crippen LogP contribution in [0.25, 0.3) is 0 Å². The van der Waals surface area contributed by atoms with Crippen molar-refractivity contribution >= 4 is 11.9 Å². The molecule has 164 valence electrons. The van der Waals surface area contributed by atoms with Crippen molar-refractivity contribution in [3.05, 3.63) is 70.3 Å². The van der Waals surface area contributed by atoms with Gasteiger partial charge in [0.15, 0.2) is 0 Å². The monoisotopic (exact) mass is 428 g/mol. The number of carbonyl (C=O) groups is 2. The van der Waals surface area contributed by atoms with E-state index in [0.717, 1.165) is 23.5 Å². The van der Waals surface area contributed by atoms with Crippen LogP contribution in [0.2, 0.25) is 0 Å². The molecule has 4 nitrogen and oxygen atoms in total. The van der Waals surface area contributed by atoms with Gasteiger partial charge in [-0.1, -0.05) is 37.8 Å². The molecule has 6 rings (SSSR count). The topological polar surface area (TPSA) is 74.6 Å². The SMILES string of the molecule is CC12CC3CC(C1)CC(C)(C3)C2c1ccc(C#Cc2cc(C(=O)O)cc(C(=O)O)c2)cc1. The zero-order chi connectivity index (χ0) is 22.7. The van der Waals surface area contributed by atoms with Gasteiger partial charge in [-0.3, -0.25) is 0 Å². The third-order valence-electron chi connectivity index (χ3n) is 8.10. The van der Waals surface area contributed by atoms with Gasteiger partial charge in [0.2, 0.25) is 0 Å². The van der Waals surface area contributed by atoms with Crippen molar-refractivity contribution in [2.24, 2.45) is 22.7 Å². The molecule has 2 aromatic carbocycles. The Labute approximate surface area is 188 Å². The Morgan fingerprint density at radius 1 is 0.781 bits per heavy atom. The van der Waals surface area contributed by atoms with Gasteiger partial charge < -0.3 is 10.2 Å². The largest absolute Gasteiger partial charge is 0.478 e. The Hall–Kier alpha value is -3.06. The van der Waals surface area contributed by atoms with Crippen LogP contribution < -0.4 is 0 Å². The molecule has 0 unspecified atom stereocenters. The Balaban J connectivity index is 1.42. The molecule has 32 heavy (non-hydrogen) atoms. The number of aromatic carboxylic acids is 2. The van der Waals surface area contributed by atoms with Crippen LogP contribution in [0.4, 0.5) is 0 Å². The third kappa shape index (κ3) is 3.50. The van der Waals surface area contributed by atoms with Gasteiger partial charge in [0.05, 0.1) is 11.1 Å². The quantitative estimate of drug-likeness (QED) is 0.606. The summed E-state index contributed by atoms with van der Waals surface area (Å²) in [4.78, 5) is 22.6. The van der Waals surface area contributed by atoms with E-state index < -0.39 is 11.9 Å². The Morgan fingerprint density at radius 2 is 1.25 bits per heavy atom. The van der Waals surface area contributed by atoms with Crippen molar-refractivity contribution in [1.29, 1.82) is 0 Å². The summed E-state index contributed by atoms with van der Waals surface area (Å²) in [5.74, 6) is 6.05. The van der Waals surface area contributed by atoms with Crippen LogP contribution in [0.1, 0.15) is 89.3 Å². The van der Waals surface area contributed by atoms with E-state index in [9.17, 15) is 19.8 Å². The highest BCUT2D eigenvalue weighted by Gasteiger charge is 2.60. The number of benzene rings is 2. The minimum atomic E-state index is -1.17. The molecule has 0 heterocycles. The lowest BCUT2D eigenvalue weighted by molar-refractivity contribution is -0.116. The molecule has 2 aromatic rings. The summed E-state index contributed by atoms with van der Waals surface area (Å²) in [5, 5.41) is 18.5. The predicted octanol–water partition coefficient (Wildman–Crippen LogP) is 5.80. The van der Waals surface area contributed by atoms with Crippen molar-refractivity contribution < 1.29 is 19.8 Å². The normalized spacial score (nSPS) is 32.2. The van der Waals surface area contributed by atoms with Crippen LogP contribution in [0.3, 0.4) is 0 Å². The van der Waals surface area contributed by atoms with E-state index in [2.05, 4.69) is 37.8 Å². The van der Waals surface area contributed by atoms with E-state index in [1.807, 2.05) is 12.1 Å².